The standard InChI is InChI=1S/C19H23N/c1-3-7-16(8-4-1)11-13-18-15-19(20-18)14-12-17-9-5-2-6-10-17/h1-10,18-20H,11-15H2/t18-,19+. The van der Waals surface area contributed by atoms with Crippen molar-refractivity contribution < 1.29 is 0 Å². The second-order valence-corrected chi connectivity index (χ2v) is 5.84. The van der Waals surface area contributed by atoms with Gasteiger partial charge in [-0.2, -0.15) is 0 Å². The fourth-order valence-corrected chi connectivity index (χ4v) is 3.03. The highest BCUT2D eigenvalue weighted by Crippen LogP contribution is 2.21. The third kappa shape index (κ3) is 3.71. The number of hydrogen-bond donors (Lipinski definition) is 1. The molecular formula is C19H23N. The molecular weight excluding hydrogens is 242 g/mol. The molecule has 104 valence electrons. The first-order chi connectivity index (χ1) is 9.90. The molecule has 0 unspecified atom stereocenters. The van der Waals surface area contributed by atoms with Crippen LogP contribution in [0.25, 0.3) is 0 Å². The van der Waals surface area contributed by atoms with Crippen molar-refractivity contribution in [3.05, 3.63) is 71.8 Å². The molecule has 0 amide bonds. The zero-order valence-electron chi connectivity index (χ0n) is 12.0. The lowest BCUT2D eigenvalue weighted by Gasteiger charge is -2.37. The zero-order valence-corrected chi connectivity index (χ0v) is 12.0. The summed E-state index contributed by atoms with van der Waals surface area (Å²) in [7, 11) is 0. The third-order valence-corrected chi connectivity index (χ3v) is 4.29. The van der Waals surface area contributed by atoms with Crippen molar-refractivity contribution in [2.75, 3.05) is 0 Å². The number of benzene rings is 2. The average molecular weight is 265 g/mol. The molecule has 1 heterocycles. The molecule has 0 aromatic heterocycles. The van der Waals surface area contributed by atoms with E-state index in [0.29, 0.717) is 0 Å². The minimum absolute atomic E-state index is 0.732. The van der Waals surface area contributed by atoms with E-state index in [1.54, 1.807) is 0 Å². The van der Waals surface area contributed by atoms with Crippen molar-refractivity contribution >= 4 is 0 Å². The van der Waals surface area contributed by atoms with Gasteiger partial charge in [-0.3, -0.25) is 0 Å². The van der Waals surface area contributed by atoms with Gasteiger partial charge in [0.25, 0.3) is 0 Å². The van der Waals surface area contributed by atoms with E-state index in [9.17, 15) is 0 Å². The van der Waals surface area contributed by atoms with Crippen LogP contribution in [0.15, 0.2) is 60.7 Å². The number of nitrogens with one attached hydrogen (secondary N) is 1. The van der Waals surface area contributed by atoms with E-state index in [1.807, 2.05) is 0 Å². The Labute approximate surface area is 122 Å². The molecule has 1 nitrogen and oxygen atoms in total. The summed E-state index contributed by atoms with van der Waals surface area (Å²) in [4.78, 5) is 0. The van der Waals surface area contributed by atoms with E-state index in [-0.39, 0.29) is 0 Å². The zero-order chi connectivity index (χ0) is 13.6. The molecule has 2 aromatic rings. The van der Waals surface area contributed by atoms with Crippen molar-refractivity contribution in [3.63, 3.8) is 0 Å². The van der Waals surface area contributed by atoms with Crippen LogP contribution in [0, 0.1) is 0 Å². The van der Waals surface area contributed by atoms with E-state index in [1.165, 1.54) is 43.2 Å². The van der Waals surface area contributed by atoms with Gasteiger partial charge in [-0.15, -0.1) is 0 Å². The van der Waals surface area contributed by atoms with Crippen molar-refractivity contribution in [2.24, 2.45) is 0 Å². The summed E-state index contributed by atoms with van der Waals surface area (Å²) in [6, 6.07) is 23.1. The first kappa shape index (κ1) is 13.4. The lowest BCUT2D eigenvalue weighted by Crippen LogP contribution is -2.52. The summed E-state index contributed by atoms with van der Waals surface area (Å²) >= 11 is 0. The summed E-state index contributed by atoms with van der Waals surface area (Å²) in [6.45, 7) is 0. The molecule has 2 atom stereocenters. The highest BCUT2D eigenvalue weighted by molar-refractivity contribution is 5.16. The van der Waals surface area contributed by atoms with E-state index in [4.69, 9.17) is 0 Å². The third-order valence-electron chi connectivity index (χ3n) is 4.29. The van der Waals surface area contributed by atoms with Crippen LogP contribution in [0.3, 0.4) is 0 Å². The minimum atomic E-state index is 0.732. The number of rotatable bonds is 6. The summed E-state index contributed by atoms with van der Waals surface area (Å²) in [5.41, 5.74) is 2.92. The van der Waals surface area contributed by atoms with Gasteiger partial charge in [0.2, 0.25) is 0 Å². The Morgan fingerprint density at radius 3 is 1.50 bits per heavy atom. The normalized spacial score (nSPS) is 21.4. The molecule has 20 heavy (non-hydrogen) atoms. The van der Waals surface area contributed by atoms with Crippen molar-refractivity contribution in [1.29, 1.82) is 0 Å². The topological polar surface area (TPSA) is 12.0 Å². The Morgan fingerprint density at radius 1 is 0.700 bits per heavy atom. The van der Waals surface area contributed by atoms with Gasteiger partial charge in [0.1, 0.15) is 0 Å². The smallest absolute Gasteiger partial charge is 0.00876 e. The molecule has 0 radical (unpaired) electrons. The molecule has 0 bridgehead atoms. The molecule has 2 aromatic carbocycles. The van der Waals surface area contributed by atoms with Gasteiger partial charge in [-0.25, -0.2) is 0 Å². The molecule has 1 N–H and O–H groups in total. The predicted octanol–water partition coefficient (Wildman–Crippen LogP) is 3.98. The van der Waals surface area contributed by atoms with Gasteiger partial charge in [0.05, 0.1) is 0 Å². The van der Waals surface area contributed by atoms with Gasteiger partial charge >= 0.3 is 0 Å². The van der Waals surface area contributed by atoms with E-state index in [0.717, 1.165) is 12.1 Å². The van der Waals surface area contributed by atoms with Crippen LogP contribution in [0.1, 0.15) is 30.4 Å². The van der Waals surface area contributed by atoms with Crippen LogP contribution in [-0.4, -0.2) is 12.1 Å². The lowest BCUT2D eigenvalue weighted by molar-refractivity contribution is 0.240. The molecule has 1 heteroatoms. The molecule has 0 saturated carbocycles. The largest absolute Gasteiger partial charge is 0.311 e. The maximum Gasteiger partial charge on any atom is 0.00876 e. The van der Waals surface area contributed by atoms with Crippen LogP contribution in [0.5, 0.6) is 0 Å². The van der Waals surface area contributed by atoms with Gasteiger partial charge in [-0.1, -0.05) is 60.7 Å². The van der Waals surface area contributed by atoms with Crippen molar-refractivity contribution in [2.45, 2.75) is 44.2 Å². The quantitative estimate of drug-likeness (QED) is 0.833. The first-order valence-corrected chi connectivity index (χ1v) is 7.74. The van der Waals surface area contributed by atoms with E-state index >= 15 is 0 Å². The van der Waals surface area contributed by atoms with Gasteiger partial charge in [-0.05, 0) is 43.2 Å². The molecule has 1 fully saturated rings. The van der Waals surface area contributed by atoms with Crippen molar-refractivity contribution in [1.82, 2.24) is 5.32 Å². The highest BCUT2D eigenvalue weighted by Gasteiger charge is 2.26. The molecule has 0 aliphatic carbocycles. The van der Waals surface area contributed by atoms with Crippen LogP contribution >= 0.6 is 0 Å². The minimum Gasteiger partial charge on any atom is -0.311 e. The van der Waals surface area contributed by atoms with Crippen LogP contribution in [0.4, 0.5) is 0 Å². The van der Waals surface area contributed by atoms with Crippen LogP contribution in [-0.2, 0) is 12.8 Å². The maximum absolute atomic E-state index is 3.72. The highest BCUT2D eigenvalue weighted by atomic mass is 15.0. The van der Waals surface area contributed by atoms with Crippen molar-refractivity contribution in [3.8, 4) is 0 Å². The monoisotopic (exact) mass is 265 g/mol. The summed E-state index contributed by atoms with van der Waals surface area (Å²) in [5, 5.41) is 3.72. The second-order valence-electron chi connectivity index (χ2n) is 5.84. The van der Waals surface area contributed by atoms with E-state index in [2.05, 4.69) is 66.0 Å². The maximum atomic E-state index is 3.72. The fraction of sp³-hybridized carbons (Fsp3) is 0.368. The van der Waals surface area contributed by atoms with Crippen LogP contribution < -0.4 is 5.32 Å². The summed E-state index contributed by atoms with van der Waals surface area (Å²) in [5.74, 6) is 0. The Bertz CT molecular complexity index is 452. The Balaban J connectivity index is 1.33. The van der Waals surface area contributed by atoms with Crippen LogP contribution in [0.2, 0.25) is 0 Å². The lowest BCUT2D eigenvalue weighted by atomic mass is 9.88. The SMILES string of the molecule is c1ccc(CC[C@@H]2C[C@H](CCc3ccccc3)N2)cc1. The number of aryl methyl sites for hydroxylation is 2. The summed E-state index contributed by atoms with van der Waals surface area (Å²) < 4.78 is 0. The first-order valence-electron chi connectivity index (χ1n) is 7.74. The van der Waals surface area contributed by atoms with Gasteiger partial charge in [0, 0.05) is 12.1 Å². The number of hydrogen-bond acceptors (Lipinski definition) is 1. The molecule has 0 spiro atoms. The fourth-order valence-electron chi connectivity index (χ4n) is 3.03. The molecule has 1 saturated heterocycles. The second kappa shape index (κ2) is 6.71. The van der Waals surface area contributed by atoms with Gasteiger partial charge < -0.3 is 5.32 Å². The molecule has 1 aliphatic heterocycles. The van der Waals surface area contributed by atoms with E-state index < -0.39 is 0 Å². The Kier molecular flexibility index (Phi) is 4.49. The molecule has 3 rings (SSSR count). The Hall–Kier alpha value is -1.60. The molecule has 1 aliphatic rings. The van der Waals surface area contributed by atoms with Gasteiger partial charge in [0.15, 0.2) is 0 Å². The Morgan fingerprint density at radius 2 is 1.10 bits per heavy atom. The average Bonchev–Trinajstić information content (AvgIpc) is 2.47. The summed E-state index contributed by atoms with van der Waals surface area (Å²) in [6.07, 6.45) is 6.28. The predicted molar refractivity (Wildman–Crippen MR) is 84.9 cm³/mol.